The van der Waals surface area contributed by atoms with Crippen molar-refractivity contribution in [1.82, 2.24) is 4.90 Å². The van der Waals surface area contributed by atoms with Crippen LogP contribution in [-0.2, 0) is 20.7 Å². The second-order valence-corrected chi connectivity index (χ2v) is 11.4. The van der Waals surface area contributed by atoms with Crippen LogP contribution in [0, 0.1) is 17.6 Å². The second kappa shape index (κ2) is 12.7. The highest BCUT2D eigenvalue weighted by atomic mass is 19.1. The summed E-state index contributed by atoms with van der Waals surface area (Å²) in [7, 11) is 1.94. The van der Waals surface area contributed by atoms with Gasteiger partial charge in [0.15, 0.2) is 0 Å². The molecule has 3 atom stereocenters. The quantitative estimate of drug-likeness (QED) is 0.268. The number of likely N-dealkylation sites (N-methyl/N-ethyl adjacent to an activating group) is 1. The van der Waals surface area contributed by atoms with Gasteiger partial charge in [0.05, 0.1) is 43.2 Å². The molecular formula is C33H36F2N2O5. The number of halogens is 2. The first-order valence-electron chi connectivity index (χ1n) is 14.3. The van der Waals surface area contributed by atoms with Crippen molar-refractivity contribution in [2.24, 2.45) is 5.92 Å². The van der Waals surface area contributed by atoms with Crippen LogP contribution in [0.25, 0.3) is 0 Å². The molecule has 0 saturated carbocycles. The molecule has 2 aliphatic rings. The molecule has 0 radical (unpaired) electrons. The molecule has 2 aliphatic heterocycles. The fourth-order valence-corrected chi connectivity index (χ4v) is 6.01. The van der Waals surface area contributed by atoms with E-state index in [4.69, 9.17) is 4.74 Å². The summed E-state index contributed by atoms with van der Waals surface area (Å²) in [5, 5.41) is 20.0. The van der Waals surface area contributed by atoms with E-state index in [1.165, 1.54) is 24.3 Å². The maximum atomic E-state index is 13.6. The molecule has 7 nitrogen and oxygen atoms in total. The van der Waals surface area contributed by atoms with Gasteiger partial charge < -0.3 is 19.8 Å². The summed E-state index contributed by atoms with van der Waals surface area (Å²) in [5.41, 5.74) is 2.86. The minimum Gasteiger partial charge on any atom is -0.481 e. The zero-order valence-electron chi connectivity index (χ0n) is 23.6. The number of β-lactam (4-membered cyclic amide) rings is 1. The number of carboxylic acid groups (broad SMARTS) is 1. The molecule has 0 bridgehead atoms. The van der Waals surface area contributed by atoms with Gasteiger partial charge in [-0.05, 0) is 92.4 Å². The topological polar surface area (TPSA) is 90.3 Å². The molecule has 2 saturated heterocycles. The predicted molar refractivity (Wildman–Crippen MR) is 154 cm³/mol. The number of rotatable bonds is 13. The Kier molecular flexibility index (Phi) is 9.01. The molecule has 3 aromatic rings. The van der Waals surface area contributed by atoms with Gasteiger partial charge >= 0.3 is 5.97 Å². The lowest BCUT2D eigenvalue weighted by molar-refractivity contribution is -0.162. The highest BCUT2D eigenvalue weighted by molar-refractivity contribution is 6.03. The van der Waals surface area contributed by atoms with Gasteiger partial charge in [0.2, 0.25) is 5.91 Å². The van der Waals surface area contributed by atoms with Crippen LogP contribution in [0.3, 0.4) is 0 Å². The lowest BCUT2D eigenvalue weighted by atomic mass is 9.78. The average Bonchev–Trinajstić information content (AvgIpc) is 2.95. The number of ether oxygens (including phenoxy) is 1. The third-order valence-electron chi connectivity index (χ3n) is 8.64. The summed E-state index contributed by atoms with van der Waals surface area (Å²) in [5.74, 6) is -2.02. The fraction of sp³-hybridized carbons (Fsp3) is 0.394. The first-order valence-corrected chi connectivity index (χ1v) is 14.3. The van der Waals surface area contributed by atoms with Crippen LogP contribution < -0.4 is 4.90 Å². The van der Waals surface area contributed by atoms with Crippen molar-refractivity contribution in [2.75, 3.05) is 31.7 Å². The Morgan fingerprint density at radius 1 is 1.02 bits per heavy atom. The van der Waals surface area contributed by atoms with Gasteiger partial charge in [0, 0.05) is 5.69 Å². The van der Waals surface area contributed by atoms with Crippen LogP contribution >= 0.6 is 0 Å². The highest BCUT2D eigenvalue weighted by Gasteiger charge is 2.48. The number of carbonyl (C=O) groups is 2. The zero-order valence-corrected chi connectivity index (χ0v) is 23.6. The minimum atomic E-state index is -0.826. The van der Waals surface area contributed by atoms with E-state index in [2.05, 4.69) is 4.90 Å². The van der Waals surface area contributed by atoms with Gasteiger partial charge in [-0.25, -0.2) is 8.78 Å². The second-order valence-electron chi connectivity index (χ2n) is 11.4. The largest absolute Gasteiger partial charge is 0.481 e. The Bertz CT molecular complexity index is 1380. The third-order valence-corrected chi connectivity index (χ3v) is 8.64. The van der Waals surface area contributed by atoms with E-state index in [1.807, 2.05) is 31.3 Å². The lowest BCUT2D eigenvalue weighted by Crippen LogP contribution is -2.62. The van der Waals surface area contributed by atoms with E-state index in [-0.39, 0.29) is 35.9 Å². The Hall–Kier alpha value is -3.66. The molecule has 0 spiro atoms. The molecule has 5 rings (SSSR count). The Morgan fingerprint density at radius 3 is 2.21 bits per heavy atom. The summed E-state index contributed by atoms with van der Waals surface area (Å²) in [6.45, 7) is 1.60. The number of anilines is 1. The number of nitrogens with zero attached hydrogens (tertiary/aromatic N) is 2. The van der Waals surface area contributed by atoms with Gasteiger partial charge in [-0.2, -0.15) is 0 Å². The van der Waals surface area contributed by atoms with E-state index < -0.39 is 17.6 Å². The Balaban J connectivity index is 1.25. The van der Waals surface area contributed by atoms with E-state index in [0.29, 0.717) is 37.3 Å². The smallest absolute Gasteiger partial charge is 0.305 e. The number of amides is 1. The zero-order chi connectivity index (χ0) is 29.9. The number of aliphatic carboxylic acids is 1. The van der Waals surface area contributed by atoms with Crippen LogP contribution in [0.2, 0.25) is 0 Å². The van der Waals surface area contributed by atoms with Crippen molar-refractivity contribution in [3.8, 4) is 0 Å². The highest BCUT2D eigenvalue weighted by Crippen LogP contribution is 2.46. The van der Waals surface area contributed by atoms with Gasteiger partial charge in [-0.3, -0.25) is 14.5 Å². The van der Waals surface area contributed by atoms with E-state index >= 15 is 0 Å². The minimum absolute atomic E-state index is 0.0605. The molecule has 0 aromatic heterocycles. The van der Waals surface area contributed by atoms with Crippen molar-refractivity contribution < 1.29 is 33.3 Å². The summed E-state index contributed by atoms with van der Waals surface area (Å²) >= 11 is 0. The van der Waals surface area contributed by atoms with Crippen molar-refractivity contribution in [3.63, 3.8) is 0 Å². The average molecular weight is 579 g/mol. The summed E-state index contributed by atoms with van der Waals surface area (Å²) in [6, 6.07) is 19.4. The predicted octanol–water partition coefficient (Wildman–Crippen LogP) is 5.29. The van der Waals surface area contributed by atoms with Crippen LogP contribution in [0.1, 0.15) is 54.5 Å². The molecule has 2 fully saturated rings. The van der Waals surface area contributed by atoms with Gasteiger partial charge in [-0.15, -0.1) is 0 Å². The molecule has 0 aliphatic carbocycles. The number of hydrogen-bond donors (Lipinski definition) is 2. The number of aliphatic hydroxyl groups excluding tert-OH is 1. The molecular weight excluding hydrogens is 542 g/mol. The molecule has 9 heteroatoms. The maximum absolute atomic E-state index is 13.6. The molecule has 1 amide bonds. The number of benzene rings is 3. The van der Waals surface area contributed by atoms with Crippen molar-refractivity contribution >= 4 is 17.6 Å². The van der Waals surface area contributed by atoms with Crippen LogP contribution in [0.15, 0.2) is 72.8 Å². The molecule has 3 aromatic carbocycles. The van der Waals surface area contributed by atoms with Gasteiger partial charge in [0.1, 0.15) is 11.6 Å². The molecule has 2 heterocycles. The van der Waals surface area contributed by atoms with E-state index in [1.54, 1.807) is 29.2 Å². The molecule has 42 heavy (non-hydrogen) atoms. The van der Waals surface area contributed by atoms with Crippen LogP contribution in [0.4, 0.5) is 14.5 Å². The summed E-state index contributed by atoms with van der Waals surface area (Å²) < 4.78 is 32.2. The summed E-state index contributed by atoms with van der Waals surface area (Å²) in [6.07, 6.45) is 1.69. The fourth-order valence-electron chi connectivity index (χ4n) is 6.01. The van der Waals surface area contributed by atoms with Crippen LogP contribution in [0.5, 0.6) is 0 Å². The van der Waals surface area contributed by atoms with Crippen LogP contribution in [-0.4, -0.2) is 59.3 Å². The normalized spacial score (nSPS) is 20.2. The van der Waals surface area contributed by atoms with Crippen molar-refractivity contribution in [1.29, 1.82) is 0 Å². The monoisotopic (exact) mass is 578 g/mol. The molecule has 2 N–H and O–H groups in total. The van der Waals surface area contributed by atoms with E-state index in [9.17, 15) is 28.6 Å². The number of carboxylic acids is 1. The standard InChI is InChI=1S/C33H36F2N2O5/c1-36(33(19-30(39)40)20-42-21-33)18-2-3-22-4-6-24(7-5-22)31-28(16-17-29(38)23-8-10-25(34)11-9-23)32(41)37(31)27-14-12-26(35)13-15-27/h4-15,28-29,31,38H,2-3,16-21H2,1H3,(H,39,40)/t28-,29?,31-/m1/s1. The lowest BCUT2D eigenvalue weighted by Gasteiger charge is -2.48. The Morgan fingerprint density at radius 2 is 1.64 bits per heavy atom. The SMILES string of the molecule is CN(CCCc1ccc([C@@H]2[C@@H](CCC(O)c3ccc(F)cc3)C(=O)N2c2ccc(F)cc2)cc1)C1(CC(=O)O)COC1. The third kappa shape index (κ3) is 6.38. The maximum Gasteiger partial charge on any atom is 0.305 e. The van der Waals surface area contributed by atoms with Crippen molar-refractivity contribution in [3.05, 3.63) is 101 Å². The van der Waals surface area contributed by atoms with Gasteiger partial charge in [0.25, 0.3) is 0 Å². The number of hydrogen-bond acceptors (Lipinski definition) is 5. The number of carbonyl (C=O) groups excluding carboxylic acids is 1. The van der Waals surface area contributed by atoms with Gasteiger partial charge in [-0.1, -0.05) is 36.4 Å². The van der Waals surface area contributed by atoms with E-state index in [0.717, 1.165) is 30.5 Å². The first-order chi connectivity index (χ1) is 20.2. The molecule has 1 unspecified atom stereocenters. The summed E-state index contributed by atoms with van der Waals surface area (Å²) in [4.78, 5) is 28.4. The number of aliphatic hydroxyl groups is 1. The Labute approximate surface area is 244 Å². The first kappa shape index (κ1) is 29.8. The number of aryl methyl sites for hydroxylation is 1. The van der Waals surface area contributed by atoms with Crippen molar-refractivity contribution in [2.45, 2.75) is 49.8 Å². The molecule has 222 valence electrons.